The van der Waals surface area contributed by atoms with E-state index in [2.05, 4.69) is 0 Å². The maximum atomic E-state index is 12.5. The number of sulfonamides is 1. The predicted octanol–water partition coefficient (Wildman–Crippen LogP) is 2.12. The molecule has 4 nitrogen and oxygen atoms in total. The van der Waals surface area contributed by atoms with Crippen molar-refractivity contribution in [2.24, 2.45) is 5.92 Å². The van der Waals surface area contributed by atoms with Gasteiger partial charge in [0, 0.05) is 26.1 Å². The summed E-state index contributed by atoms with van der Waals surface area (Å²) in [6.45, 7) is 1.72. The Morgan fingerprint density at radius 3 is 2.65 bits per heavy atom. The first kappa shape index (κ1) is 15.8. The van der Waals surface area contributed by atoms with Crippen LogP contribution in [-0.2, 0) is 21.2 Å². The Morgan fingerprint density at radius 1 is 1.35 bits per heavy atom. The lowest BCUT2D eigenvalue weighted by molar-refractivity contribution is 0.157. The van der Waals surface area contributed by atoms with Crippen molar-refractivity contribution >= 4 is 21.6 Å². The first-order valence-electron chi connectivity index (χ1n) is 6.72. The average Bonchev–Trinajstić information content (AvgIpc) is 2.90. The zero-order chi connectivity index (χ0) is 14.6. The molecule has 0 amide bonds. The van der Waals surface area contributed by atoms with Gasteiger partial charge in [0.05, 0.1) is 11.5 Å². The highest BCUT2D eigenvalue weighted by Gasteiger charge is 2.32. The van der Waals surface area contributed by atoms with Crippen LogP contribution >= 0.6 is 11.6 Å². The van der Waals surface area contributed by atoms with E-state index in [0.717, 1.165) is 18.4 Å². The van der Waals surface area contributed by atoms with Crippen LogP contribution in [0.2, 0.25) is 0 Å². The maximum absolute atomic E-state index is 12.5. The molecule has 1 aromatic rings. The Morgan fingerprint density at radius 2 is 2.05 bits per heavy atom. The normalized spacial score (nSPS) is 20.4. The van der Waals surface area contributed by atoms with E-state index in [-0.39, 0.29) is 0 Å². The van der Waals surface area contributed by atoms with Gasteiger partial charge in [-0.1, -0.05) is 12.1 Å². The number of rotatable bonds is 6. The molecule has 0 radical (unpaired) electrons. The van der Waals surface area contributed by atoms with E-state index < -0.39 is 10.0 Å². The van der Waals surface area contributed by atoms with E-state index >= 15 is 0 Å². The average molecular weight is 318 g/mol. The summed E-state index contributed by atoms with van der Waals surface area (Å²) in [5.74, 6) is 0.835. The largest absolute Gasteiger partial charge is 0.384 e. The van der Waals surface area contributed by atoms with Crippen LogP contribution in [0, 0.1) is 5.92 Å². The van der Waals surface area contributed by atoms with Crippen LogP contribution in [-0.4, -0.2) is 45.4 Å². The van der Waals surface area contributed by atoms with E-state index in [1.807, 2.05) is 12.1 Å². The number of ether oxygens (including phenoxy) is 1. The molecule has 112 valence electrons. The summed E-state index contributed by atoms with van der Waals surface area (Å²) in [5.41, 5.74) is 1.05. The van der Waals surface area contributed by atoms with Crippen molar-refractivity contribution in [1.82, 2.24) is 4.31 Å². The molecule has 0 aromatic heterocycles. The molecule has 0 aliphatic carbocycles. The SMILES string of the molecule is COCC1CCN(S(=O)(=O)c2ccc(CCCl)cc2)C1. The lowest BCUT2D eigenvalue weighted by atomic mass is 10.1. The van der Waals surface area contributed by atoms with Crippen molar-refractivity contribution in [3.05, 3.63) is 29.8 Å². The lowest BCUT2D eigenvalue weighted by Crippen LogP contribution is -2.29. The smallest absolute Gasteiger partial charge is 0.243 e. The van der Waals surface area contributed by atoms with Crippen molar-refractivity contribution < 1.29 is 13.2 Å². The summed E-state index contributed by atoms with van der Waals surface area (Å²) >= 11 is 5.68. The Kier molecular flexibility index (Phi) is 5.43. The van der Waals surface area contributed by atoms with E-state index in [0.29, 0.717) is 36.4 Å². The highest BCUT2D eigenvalue weighted by molar-refractivity contribution is 7.89. The van der Waals surface area contributed by atoms with Gasteiger partial charge >= 0.3 is 0 Å². The molecule has 2 rings (SSSR count). The van der Waals surface area contributed by atoms with Crippen LogP contribution in [0.1, 0.15) is 12.0 Å². The van der Waals surface area contributed by atoms with Crippen LogP contribution in [0.15, 0.2) is 29.2 Å². The minimum atomic E-state index is -3.38. The Bertz CT molecular complexity index is 530. The number of benzene rings is 1. The van der Waals surface area contributed by atoms with Gasteiger partial charge in [-0.3, -0.25) is 0 Å². The fourth-order valence-electron chi connectivity index (χ4n) is 2.47. The number of hydrogen-bond donors (Lipinski definition) is 0. The lowest BCUT2D eigenvalue weighted by Gasteiger charge is -2.16. The van der Waals surface area contributed by atoms with Crippen molar-refractivity contribution in [1.29, 1.82) is 0 Å². The molecule has 1 heterocycles. The highest BCUT2D eigenvalue weighted by atomic mass is 35.5. The molecule has 1 aliphatic heterocycles. The van der Waals surface area contributed by atoms with Crippen LogP contribution in [0.4, 0.5) is 0 Å². The van der Waals surface area contributed by atoms with Gasteiger partial charge in [-0.05, 0) is 36.5 Å². The molecule has 1 aliphatic rings. The minimum absolute atomic E-state index is 0.297. The topological polar surface area (TPSA) is 46.6 Å². The number of halogens is 1. The van der Waals surface area contributed by atoms with Gasteiger partial charge in [0.15, 0.2) is 0 Å². The molecule has 20 heavy (non-hydrogen) atoms. The molecule has 1 atom stereocenters. The summed E-state index contributed by atoms with van der Waals surface area (Å²) in [7, 11) is -1.73. The third-order valence-corrected chi connectivity index (χ3v) is 5.66. The summed E-state index contributed by atoms with van der Waals surface area (Å²) in [5, 5.41) is 0. The number of methoxy groups -OCH3 is 1. The second kappa shape index (κ2) is 6.89. The van der Waals surface area contributed by atoms with E-state index in [4.69, 9.17) is 16.3 Å². The zero-order valence-electron chi connectivity index (χ0n) is 11.6. The quantitative estimate of drug-likeness (QED) is 0.755. The summed E-state index contributed by atoms with van der Waals surface area (Å²) in [4.78, 5) is 0.355. The summed E-state index contributed by atoms with van der Waals surface area (Å²) in [6.07, 6.45) is 1.61. The minimum Gasteiger partial charge on any atom is -0.384 e. The third-order valence-electron chi connectivity index (χ3n) is 3.60. The predicted molar refractivity (Wildman–Crippen MR) is 79.6 cm³/mol. The Balaban J connectivity index is 2.10. The second-order valence-corrected chi connectivity index (χ2v) is 7.37. The first-order valence-corrected chi connectivity index (χ1v) is 8.69. The van der Waals surface area contributed by atoms with Gasteiger partial charge in [-0.15, -0.1) is 11.6 Å². The Labute approximate surface area is 125 Å². The van der Waals surface area contributed by atoms with Gasteiger partial charge in [-0.2, -0.15) is 4.31 Å². The van der Waals surface area contributed by atoms with E-state index in [9.17, 15) is 8.42 Å². The Hall–Kier alpha value is -0.620. The fourth-order valence-corrected chi connectivity index (χ4v) is 4.22. The van der Waals surface area contributed by atoms with Gasteiger partial charge < -0.3 is 4.74 Å². The van der Waals surface area contributed by atoms with Crippen LogP contribution in [0.3, 0.4) is 0 Å². The molecule has 0 saturated carbocycles. The monoisotopic (exact) mass is 317 g/mol. The van der Waals surface area contributed by atoms with Crippen molar-refractivity contribution in [3.8, 4) is 0 Å². The van der Waals surface area contributed by atoms with Gasteiger partial charge in [0.2, 0.25) is 10.0 Å². The van der Waals surface area contributed by atoms with E-state index in [1.165, 1.54) is 0 Å². The molecule has 1 unspecified atom stereocenters. The van der Waals surface area contributed by atoms with Gasteiger partial charge in [0.25, 0.3) is 0 Å². The molecular formula is C14H20ClNO3S. The van der Waals surface area contributed by atoms with Crippen molar-refractivity contribution in [3.63, 3.8) is 0 Å². The fraction of sp³-hybridized carbons (Fsp3) is 0.571. The van der Waals surface area contributed by atoms with Gasteiger partial charge in [-0.25, -0.2) is 8.42 Å². The summed E-state index contributed by atoms with van der Waals surface area (Å²) in [6, 6.07) is 7.00. The molecule has 1 saturated heterocycles. The molecule has 1 fully saturated rings. The van der Waals surface area contributed by atoms with Crippen molar-refractivity contribution in [2.75, 3.05) is 32.7 Å². The molecule has 1 aromatic carbocycles. The molecule has 6 heteroatoms. The number of aryl methyl sites for hydroxylation is 1. The third kappa shape index (κ3) is 3.52. The second-order valence-electron chi connectivity index (χ2n) is 5.06. The summed E-state index contributed by atoms with van der Waals surface area (Å²) < 4.78 is 31.7. The molecule has 0 spiro atoms. The van der Waals surface area contributed by atoms with Gasteiger partial charge in [0.1, 0.15) is 0 Å². The highest BCUT2D eigenvalue weighted by Crippen LogP contribution is 2.24. The maximum Gasteiger partial charge on any atom is 0.243 e. The molecule has 0 N–H and O–H groups in total. The molecule has 0 bridgehead atoms. The number of hydrogen-bond acceptors (Lipinski definition) is 3. The standard InChI is InChI=1S/C14H20ClNO3S/c1-19-11-13-7-9-16(10-13)20(17,18)14-4-2-12(3-5-14)6-8-15/h2-5,13H,6-11H2,1H3. The van der Waals surface area contributed by atoms with Crippen LogP contribution in [0.5, 0.6) is 0 Å². The first-order chi connectivity index (χ1) is 9.57. The zero-order valence-corrected chi connectivity index (χ0v) is 13.2. The van der Waals surface area contributed by atoms with Crippen molar-refractivity contribution in [2.45, 2.75) is 17.7 Å². The van der Waals surface area contributed by atoms with E-state index in [1.54, 1.807) is 23.5 Å². The molecular weight excluding hydrogens is 298 g/mol. The van der Waals surface area contributed by atoms with Crippen LogP contribution in [0.25, 0.3) is 0 Å². The number of nitrogens with zero attached hydrogens (tertiary/aromatic N) is 1. The number of alkyl halides is 1. The van der Waals surface area contributed by atoms with Crippen LogP contribution < -0.4 is 0 Å².